The molecule has 0 spiro atoms. The van der Waals surface area contributed by atoms with E-state index < -0.39 is 63.5 Å². The van der Waals surface area contributed by atoms with Gasteiger partial charge in [0, 0.05) is 21.1 Å². The zero-order chi connectivity index (χ0) is 29.5. The Hall–Kier alpha value is -4.50. The number of hydrogen-bond acceptors (Lipinski definition) is 13. The second-order valence-corrected chi connectivity index (χ2v) is 10.0. The Balaban J connectivity index is 0.000000352. The normalized spacial score (nSPS) is 23.9. The van der Waals surface area contributed by atoms with Crippen molar-refractivity contribution in [1.82, 2.24) is 14.7 Å². The Labute approximate surface area is 216 Å². The monoisotopic (exact) mass is 536 g/mol. The highest BCUT2D eigenvalue weighted by molar-refractivity contribution is 6.70. The summed E-state index contributed by atoms with van der Waals surface area (Å²) in [4.78, 5) is 93.1. The van der Waals surface area contributed by atoms with E-state index in [2.05, 4.69) is 25.2 Å². The highest BCUT2D eigenvalue weighted by atomic mass is 16.8. The van der Waals surface area contributed by atoms with E-state index in [0.717, 1.165) is 9.80 Å². The molecule has 38 heavy (non-hydrogen) atoms. The van der Waals surface area contributed by atoms with Crippen LogP contribution in [0.4, 0.5) is 4.79 Å². The number of carbonyl (C=O) groups excluding carboxylic acids is 6. The molecule has 3 amide bonds. The van der Waals surface area contributed by atoms with Crippen molar-refractivity contribution in [1.29, 1.82) is 0 Å². The first-order chi connectivity index (χ1) is 17.3. The predicted octanol–water partition coefficient (Wildman–Crippen LogP) is 0.264. The summed E-state index contributed by atoms with van der Waals surface area (Å²) in [6, 6.07) is 0. The fraction of sp³-hybridized carbons (Fsp3) is 0.545. The molecule has 16 heteroatoms. The first-order valence-corrected chi connectivity index (χ1v) is 11.0. The molecule has 0 aliphatic carbocycles. The lowest BCUT2D eigenvalue weighted by atomic mass is 10.0. The third-order valence-electron chi connectivity index (χ3n) is 6.90. The summed E-state index contributed by atoms with van der Waals surface area (Å²) < 4.78 is 0. The van der Waals surface area contributed by atoms with Gasteiger partial charge in [-0.2, -0.15) is 4.79 Å². The van der Waals surface area contributed by atoms with Crippen LogP contribution in [0, 0.1) is 4.91 Å². The molecule has 3 rings (SSSR count). The van der Waals surface area contributed by atoms with Crippen molar-refractivity contribution in [3.8, 4) is 0 Å². The van der Waals surface area contributed by atoms with Crippen LogP contribution in [0.2, 0.25) is 0 Å². The number of amides is 3. The Kier molecular flexibility index (Phi) is 7.63. The fourth-order valence-corrected chi connectivity index (χ4v) is 3.29. The van der Waals surface area contributed by atoms with Gasteiger partial charge in [0.25, 0.3) is 17.7 Å². The van der Waals surface area contributed by atoms with Gasteiger partial charge in [0.15, 0.2) is 5.76 Å². The zero-order valence-corrected chi connectivity index (χ0v) is 22.3. The summed E-state index contributed by atoms with van der Waals surface area (Å²) in [6.07, 6.45) is -1.51. The van der Waals surface area contributed by atoms with Crippen LogP contribution in [-0.4, -0.2) is 104 Å². The van der Waals surface area contributed by atoms with Crippen LogP contribution < -0.4 is 0 Å². The maximum absolute atomic E-state index is 12.1. The Morgan fingerprint density at radius 3 is 1.24 bits per heavy atom. The lowest BCUT2D eigenvalue weighted by Crippen LogP contribution is -2.41. The maximum Gasteiger partial charge on any atom is 0.562 e. The average molecular weight is 536 g/mol. The minimum absolute atomic E-state index is 0.259. The molecule has 3 heterocycles. The number of Topliss-reactive ketones (excluding diaryl/α,β-unsaturated/α-hetero) is 2. The van der Waals surface area contributed by atoms with Crippen molar-refractivity contribution in [2.45, 2.75) is 58.2 Å². The minimum Gasteiger partial charge on any atom is -0.507 e. The number of likely N-dealkylation sites (tertiary alicyclic amines) is 2. The molecule has 2 saturated heterocycles. The lowest BCUT2D eigenvalue weighted by molar-refractivity contribution is -0.128. The van der Waals surface area contributed by atoms with Crippen LogP contribution in [0.1, 0.15) is 41.5 Å². The van der Waals surface area contributed by atoms with Gasteiger partial charge >= 0.3 is 6.16 Å². The van der Waals surface area contributed by atoms with Crippen molar-refractivity contribution in [3.63, 3.8) is 0 Å². The Morgan fingerprint density at radius 2 is 1.03 bits per heavy atom. The Bertz CT molecular complexity index is 1180. The smallest absolute Gasteiger partial charge is 0.507 e. The molecule has 3 aliphatic heterocycles. The standard InChI is InChI=1S/C15H18N4O7.C7H10N2O3/c1-14(2)9(20)7(11(22)18(14)5)16-25-13(24)26-17-8-10(21)15(3,4)19(6)12(8)23;1-7(2)5(10)4(8-12)6(11)9(7)3/h1-6H3;10H,1-3H3/b16-7-,17-8+;. The Morgan fingerprint density at radius 1 is 0.684 bits per heavy atom. The van der Waals surface area contributed by atoms with Gasteiger partial charge in [0.1, 0.15) is 11.1 Å². The summed E-state index contributed by atoms with van der Waals surface area (Å²) in [5.41, 5.74) is -4.60. The number of carbonyl (C=O) groups is 6. The van der Waals surface area contributed by atoms with Crippen LogP contribution in [0.15, 0.2) is 26.9 Å². The van der Waals surface area contributed by atoms with Crippen molar-refractivity contribution in [3.05, 3.63) is 16.4 Å². The third-order valence-corrected chi connectivity index (χ3v) is 6.90. The van der Waals surface area contributed by atoms with E-state index in [9.17, 15) is 38.8 Å². The van der Waals surface area contributed by atoms with Gasteiger partial charge < -0.3 is 19.8 Å². The number of ketones is 2. The van der Waals surface area contributed by atoms with E-state index in [1.807, 2.05) is 0 Å². The molecule has 2 fully saturated rings. The summed E-state index contributed by atoms with van der Waals surface area (Å²) in [5.74, 6) is -3.49. The summed E-state index contributed by atoms with van der Waals surface area (Å²) in [7, 11) is 4.32. The van der Waals surface area contributed by atoms with Gasteiger partial charge in [-0.15, -0.1) is 4.91 Å². The zero-order valence-electron chi connectivity index (χ0n) is 22.3. The van der Waals surface area contributed by atoms with Crippen molar-refractivity contribution in [2.24, 2.45) is 15.5 Å². The first kappa shape index (κ1) is 29.7. The van der Waals surface area contributed by atoms with Crippen LogP contribution in [0.3, 0.4) is 0 Å². The summed E-state index contributed by atoms with van der Waals surface area (Å²) in [5, 5.41) is 18.3. The fourth-order valence-electron chi connectivity index (χ4n) is 3.29. The molecule has 0 unspecified atom stereocenters. The SMILES string of the molecule is CN1C(=O)/C(=N\OC(=O)O/N=C2/C(=O)N(C)C(C)(C)C2=O)C(=O)C1(C)C.CN1C(=O)C(N=O)=C(O)C1(C)C. The van der Waals surface area contributed by atoms with E-state index in [1.165, 1.54) is 53.7 Å². The quantitative estimate of drug-likeness (QED) is 0.296. The number of oxime groups is 2. The maximum atomic E-state index is 12.1. The van der Waals surface area contributed by atoms with Crippen LogP contribution in [-0.2, 0) is 33.6 Å². The highest BCUT2D eigenvalue weighted by Crippen LogP contribution is 2.32. The molecular weight excluding hydrogens is 508 g/mol. The molecule has 1 N–H and O–H groups in total. The second kappa shape index (κ2) is 9.75. The molecule has 0 aromatic heterocycles. The largest absolute Gasteiger partial charge is 0.562 e. The molecule has 0 atom stereocenters. The van der Waals surface area contributed by atoms with E-state index in [-0.39, 0.29) is 11.5 Å². The molecule has 206 valence electrons. The number of nitrogens with zero attached hydrogens (tertiary/aromatic N) is 6. The van der Waals surface area contributed by atoms with E-state index >= 15 is 0 Å². The molecular formula is C22H28N6O10. The van der Waals surface area contributed by atoms with Crippen LogP contribution in [0.5, 0.6) is 0 Å². The van der Waals surface area contributed by atoms with Gasteiger partial charge in [-0.05, 0) is 46.7 Å². The van der Waals surface area contributed by atoms with Gasteiger partial charge in [-0.1, -0.05) is 10.3 Å². The van der Waals surface area contributed by atoms with Gasteiger partial charge in [0.05, 0.1) is 5.54 Å². The molecule has 0 aromatic carbocycles. The second-order valence-electron chi connectivity index (χ2n) is 10.0. The number of aliphatic hydroxyl groups excluding tert-OH is 1. The minimum atomic E-state index is -1.51. The van der Waals surface area contributed by atoms with Crippen LogP contribution >= 0.6 is 0 Å². The molecule has 0 saturated carbocycles. The molecule has 3 aliphatic rings. The molecule has 0 aromatic rings. The average Bonchev–Trinajstić information content (AvgIpc) is 3.17. The van der Waals surface area contributed by atoms with Gasteiger partial charge in [0.2, 0.25) is 28.7 Å². The number of likely N-dealkylation sites (N-methyl/N-ethyl adjacent to an activating group) is 3. The number of nitroso groups, excluding NO2 is 1. The highest BCUT2D eigenvalue weighted by Gasteiger charge is 2.51. The number of aliphatic hydroxyl groups is 1. The topological polar surface area (TPSA) is 205 Å². The number of rotatable bonds is 3. The van der Waals surface area contributed by atoms with Crippen LogP contribution in [0.25, 0.3) is 0 Å². The van der Waals surface area contributed by atoms with Crippen molar-refractivity contribution >= 4 is 46.9 Å². The van der Waals surface area contributed by atoms with Crippen molar-refractivity contribution in [2.75, 3.05) is 21.1 Å². The third kappa shape index (κ3) is 4.64. The molecule has 0 bridgehead atoms. The summed E-state index contributed by atoms with van der Waals surface area (Å²) in [6.45, 7) is 9.31. The van der Waals surface area contributed by atoms with E-state index in [4.69, 9.17) is 0 Å². The predicted molar refractivity (Wildman–Crippen MR) is 128 cm³/mol. The van der Waals surface area contributed by atoms with Gasteiger partial charge in [-0.25, -0.2) is 0 Å². The van der Waals surface area contributed by atoms with E-state index in [0.29, 0.717) is 0 Å². The first-order valence-electron chi connectivity index (χ1n) is 11.0. The summed E-state index contributed by atoms with van der Waals surface area (Å²) >= 11 is 0. The number of hydrogen-bond donors (Lipinski definition) is 1. The molecule has 16 nitrogen and oxygen atoms in total. The van der Waals surface area contributed by atoms with E-state index in [1.54, 1.807) is 13.8 Å². The van der Waals surface area contributed by atoms with Gasteiger partial charge in [-0.3, -0.25) is 33.6 Å². The lowest BCUT2D eigenvalue weighted by Gasteiger charge is -2.27. The van der Waals surface area contributed by atoms with Crippen molar-refractivity contribution < 1.29 is 43.5 Å². The molecule has 0 radical (unpaired) electrons.